The number of hydrogen-bond donors (Lipinski definition) is 2. The van der Waals surface area contributed by atoms with E-state index in [9.17, 15) is 14.3 Å². The van der Waals surface area contributed by atoms with Crippen LogP contribution in [0.5, 0.6) is 0 Å². The molecule has 3 aromatic rings. The molecular weight excluding hydrogens is 305 g/mol. The minimum absolute atomic E-state index is 0.143. The third kappa shape index (κ3) is 3.78. The van der Waals surface area contributed by atoms with Crippen LogP contribution in [0.15, 0.2) is 66.7 Å². The first-order valence-electron chi connectivity index (χ1n) is 7.79. The molecule has 122 valence electrons. The molecule has 0 heterocycles. The van der Waals surface area contributed by atoms with Crippen LogP contribution in [0.25, 0.3) is 10.8 Å². The van der Waals surface area contributed by atoms with E-state index in [-0.39, 0.29) is 24.8 Å². The molecule has 0 fully saturated rings. The van der Waals surface area contributed by atoms with Gasteiger partial charge in [0, 0.05) is 0 Å². The van der Waals surface area contributed by atoms with Crippen LogP contribution in [-0.2, 0) is 11.2 Å². The monoisotopic (exact) mass is 323 g/mol. The largest absolute Gasteiger partial charge is 0.394 e. The van der Waals surface area contributed by atoms with Crippen LogP contribution in [0, 0.1) is 5.82 Å². The number of fused-ring (bicyclic) bond motifs is 1. The Morgan fingerprint density at radius 3 is 2.42 bits per heavy atom. The molecule has 0 radical (unpaired) electrons. The van der Waals surface area contributed by atoms with E-state index in [4.69, 9.17) is 0 Å². The molecule has 0 aliphatic heterocycles. The summed E-state index contributed by atoms with van der Waals surface area (Å²) >= 11 is 0. The lowest BCUT2D eigenvalue weighted by molar-refractivity contribution is -0.121. The number of halogens is 1. The Morgan fingerprint density at radius 1 is 1.00 bits per heavy atom. The zero-order valence-electron chi connectivity index (χ0n) is 13.1. The van der Waals surface area contributed by atoms with Crippen LogP contribution in [0.3, 0.4) is 0 Å². The van der Waals surface area contributed by atoms with E-state index < -0.39 is 6.04 Å². The molecule has 0 saturated heterocycles. The summed E-state index contributed by atoms with van der Waals surface area (Å²) in [6, 6.07) is 19.1. The van der Waals surface area contributed by atoms with Gasteiger partial charge in [-0.3, -0.25) is 4.79 Å². The normalized spacial score (nSPS) is 12.1. The maximum atomic E-state index is 12.9. The van der Waals surface area contributed by atoms with E-state index in [1.807, 2.05) is 42.5 Å². The van der Waals surface area contributed by atoms with Crippen LogP contribution in [0.1, 0.15) is 17.2 Å². The Morgan fingerprint density at radius 2 is 1.71 bits per heavy atom. The van der Waals surface area contributed by atoms with Crippen LogP contribution >= 0.6 is 0 Å². The van der Waals surface area contributed by atoms with Crippen molar-refractivity contribution in [2.45, 2.75) is 12.5 Å². The van der Waals surface area contributed by atoms with E-state index in [1.165, 1.54) is 12.1 Å². The molecule has 0 bridgehead atoms. The standard InChI is InChI=1S/C20H18FNO2/c21-18-9-5-14(6-10-18)11-20(24)22-19(13-23)17-8-7-15-3-1-2-4-16(15)12-17/h1-10,12,19,23H,11,13H2,(H,22,24). The van der Waals surface area contributed by atoms with Gasteiger partial charge in [-0.05, 0) is 40.1 Å². The van der Waals surface area contributed by atoms with Gasteiger partial charge >= 0.3 is 0 Å². The first kappa shape index (κ1) is 16.1. The molecule has 1 amide bonds. The molecule has 1 unspecified atom stereocenters. The molecule has 1 atom stereocenters. The summed E-state index contributed by atoms with van der Waals surface area (Å²) in [7, 11) is 0. The fourth-order valence-corrected chi connectivity index (χ4v) is 2.69. The zero-order valence-corrected chi connectivity index (χ0v) is 13.1. The van der Waals surface area contributed by atoms with Crippen molar-refractivity contribution in [3.8, 4) is 0 Å². The van der Waals surface area contributed by atoms with Crippen LogP contribution in [0.4, 0.5) is 4.39 Å². The van der Waals surface area contributed by atoms with Crippen molar-refractivity contribution in [3.05, 3.63) is 83.7 Å². The summed E-state index contributed by atoms with van der Waals surface area (Å²) in [5.74, 6) is -0.544. The molecule has 0 aliphatic carbocycles. The smallest absolute Gasteiger partial charge is 0.224 e. The van der Waals surface area contributed by atoms with Crippen molar-refractivity contribution in [2.24, 2.45) is 0 Å². The topological polar surface area (TPSA) is 49.3 Å². The third-order valence-electron chi connectivity index (χ3n) is 3.97. The molecule has 3 nitrogen and oxygen atoms in total. The number of benzene rings is 3. The lowest BCUT2D eigenvalue weighted by atomic mass is 10.0. The average Bonchev–Trinajstić information content (AvgIpc) is 2.61. The molecule has 2 N–H and O–H groups in total. The van der Waals surface area contributed by atoms with Gasteiger partial charge in [0.05, 0.1) is 19.1 Å². The number of nitrogens with one attached hydrogen (secondary N) is 1. The second-order valence-corrected chi connectivity index (χ2v) is 5.71. The van der Waals surface area contributed by atoms with Gasteiger partial charge in [0.25, 0.3) is 0 Å². The lowest BCUT2D eigenvalue weighted by Crippen LogP contribution is -2.31. The van der Waals surface area contributed by atoms with Gasteiger partial charge in [-0.25, -0.2) is 4.39 Å². The van der Waals surface area contributed by atoms with Crippen LogP contribution < -0.4 is 5.32 Å². The number of amides is 1. The maximum Gasteiger partial charge on any atom is 0.224 e. The highest BCUT2D eigenvalue weighted by Gasteiger charge is 2.14. The zero-order chi connectivity index (χ0) is 16.9. The van der Waals surface area contributed by atoms with Gasteiger partial charge in [-0.15, -0.1) is 0 Å². The number of hydrogen-bond acceptors (Lipinski definition) is 2. The molecule has 24 heavy (non-hydrogen) atoms. The predicted molar refractivity (Wildman–Crippen MR) is 92.0 cm³/mol. The van der Waals surface area contributed by atoms with Gasteiger partial charge in [0.15, 0.2) is 0 Å². The predicted octanol–water partition coefficient (Wildman–Crippen LogP) is 3.37. The van der Waals surface area contributed by atoms with Crippen molar-refractivity contribution in [2.75, 3.05) is 6.61 Å². The van der Waals surface area contributed by atoms with E-state index in [2.05, 4.69) is 5.32 Å². The number of carbonyl (C=O) groups is 1. The maximum absolute atomic E-state index is 12.9. The molecule has 0 aromatic heterocycles. The van der Waals surface area contributed by atoms with E-state index in [0.29, 0.717) is 0 Å². The minimum Gasteiger partial charge on any atom is -0.394 e. The third-order valence-corrected chi connectivity index (χ3v) is 3.97. The van der Waals surface area contributed by atoms with E-state index in [0.717, 1.165) is 21.9 Å². The molecular formula is C20H18FNO2. The highest BCUT2D eigenvalue weighted by Crippen LogP contribution is 2.20. The summed E-state index contributed by atoms with van der Waals surface area (Å²) in [4.78, 5) is 12.2. The lowest BCUT2D eigenvalue weighted by Gasteiger charge is -2.17. The highest BCUT2D eigenvalue weighted by molar-refractivity contribution is 5.83. The highest BCUT2D eigenvalue weighted by atomic mass is 19.1. The van der Waals surface area contributed by atoms with Crippen molar-refractivity contribution in [1.82, 2.24) is 5.32 Å². The number of aliphatic hydroxyl groups excluding tert-OH is 1. The van der Waals surface area contributed by atoms with E-state index in [1.54, 1.807) is 12.1 Å². The Bertz CT molecular complexity index is 846. The fraction of sp³-hybridized carbons (Fsp3) is 0.150. The fourth-order valence-electron chi connectivity index (χ4n) is 2.69. The second kappa shape index (κ2) is 7.23. The van der Waals surface area contributed by atoms with Gasteiger partial charge in [-0.2, -0.15) is 0 Å². The Hall–Kier alpha value is -2.72. The molecule has 0 spiro atoms. The Kier molecular flexibility index (Phi) is 4.87. The summed E-state index contributed by atoms with van der Waals surface area (Å²) < 4.78 is 12.9. The Labute approximate surface area is 139 Å². The van der Waals surface area contributed by atoms with Crippen LogP contribution in [-0.4, -0.2) is 17.6 Å². The summed E-state index contributed by atoms with van der Waals surface area (Å²) in [6.45, 7) is -0.187. The van der Waals surface area contributed by atoms with Crippen molar-refractivity contribution in [1.29, 1.82) is 0 Å². The van der Waals surface area contributed by atoms with Gasteiger partial charge in [0.1, 0.15) is 5.82 Å². The number of aliphatic hydroxyl groups is 1. The van der Waals surface area contributed by atoms with Gasteiger partial charge in [-0.1, -0.05) is 48.5 Å². The van der Waals surface area contributed by atoms with Crippen molar-refractivity contribution < 1.29 is 14.3 Å². The number of rotatable bonds is 5. The first-order chi connectivity index (χ1) is 11.7. The molecule has 0 saturated carbocycles. The molecule has 0 aliphatic rings. The van der Waals surface area contributed by atoms with Crippen LogP contribution in [0.2, 0.25) is 0 Å². The molecule has 3 aromatic carbocycles. The van der Waals surface area contributed by atoms with Crippen molar-refractivity contribution in [3.63, 3.8) is 0 Å². The van der Waals surface area contributed by atoms with E-state index >= 15 is 0 Å². The van der Waals surface area contributed by atoms with Gasteiger partial charge in [0.2, 0.25) is 5.91 Å². The quantitative estimate of drug-likeness (QED) is 0.756. The number of carbonyl (C=O) groups excluding carboxylic acids is 1. The summed E-state index contributed by atoms with van der Waals surface area (Å²) in [5, 5.41) is 14.6. The van der Waals surface area contributed by atoms with Crippen molar-refractivity contribution >= 4 is 16.7 Å². The van der Waals surface area contributed by atoms with Gasteiger partial charge < -0.3 is 10.4 Å². The molecule has 3 rings (SSSR count). The Balaban J connectivity index is 1.72. The summed E-state index contributed by atoms with van der Waals surface area (Å²) in [5.41, 5.74) is 1.58. The second-order valence-electron chi connectivity index (χ2n) is 5.71. The average molecular weight is 323 g/mol. The minimum atomic E-state index is -0.470. The summed E-state index contributed by atoms with van der Waals surface area (Å²) in [6.07, 6.45) is 0.143. The first-order valence-corrected chi connectivity index (χ1v) is 7.79. The molecule has 4 heteroatoms. The SMILES string of the molecule is O=C(Cc1ccc(F)cc1)NC(CO)c1ccc2ccccc2c1.